The van der Waals surface area contributed by atoms with E-state index in [0.29, 0.717) is 29.0 Å². The number of thiol groups is 1. The molecule has 8 nitrogen and oxygen atoms in total. The van der Waals surface area contributed by atoms with Gasteiger partial charge in [-0.15, -0.1) is 21.7 Å². The van der Waals surface area contributed by atoms with Crippen LogP contribution in [0.25, 0.3) is 0 Å². The summed E-state index contributed by atoms with van der Waals surface area (Å²) in [4.78, 5) is 24.6. The van der Waals surface area contributed by atoms with Crippen molar-refractivity contribution in [3.63, 3.8) is 0 Å². The van der Waals surface area contributed by atoms with Crippen LogP contribution in [0.3, 0.4) is 0 Å². The molecule has 118 valence electrons. The number of amides is 1. The van der Waals surface area contributed by atoms with Gasteiger partial charge in [0, 0.05) is 10.8 Å². The van der Waals surface area contributed by atoms with Gasteiger partial charge < -0.3 is 5.11 Å². The van der Waals surface area contributed by atoms with Gasteiger partial charge in [-0.2, -0.15) is 12.6 Å². The van der Waals surface area contributed by atoms with Crippen LogP contribution in [0.5, 0.6) is 0 Å². The molecule has 1 aromatic heterocycles. The molecule has 22 heavy (non-hydrogen) atoms. The molecule has 1 N–H and O–H groups in total. The summed E-state index contributed by atoms with van der Waals surface area (Å²) in [6.45, 7) is 4.14. The molecule has 0 saturated carbocycles. The van der Waals surface area contributed by atoms with Gasteiger partial charge in [0.05, 0.1) is 18.3 Å². The molecule has 0 aliphatic carbocycles. The SMILES string of the molecule is C=CCn1nnnc1S1(CS)CC=C(C(=O)O)N2C(=O)CC21. The fraction of sp³-hybridized carbons (Fsp3) is 0.417. The van der Waals surface area contributed by atoms with Crippen molar-refractivity contribution >= 4 is 34.5 Å². The molecule has 3 heterocycles. The number of carbonyl (C=O) groups excluding carboxylic acids is 1. The molecule has 1 aromatic rings. The van der Waals surface area contributed by atoms with Gasteiger partial charge in [-0.25, -0.2) is 9.48 Å². The van der Waals surface area contributed by atoms with Crippen LogP contribution in [0.15, 0.2) is 29.6 Å². The highest BCUT2D eigenvalue weighted by Crippen LogP contribution is 2.66. The number of carbonyl (C=O) groups is 2. The Bertz CT molecular complexity index is 688. The summed E-state index contributed by atoms with van der Waals surface area (Å²) >= 11 is 4.48. The van der Waals surface area contributed by atoms with Gasteiger partial charge in [0.2, 0.25) is 5.91 Å². The third kappa shape index (κ3) is 1.97. The minimum Gasteiger partial charge on any atom is -0.477 e. The normalized spacial score (nSPS) is 29.9. The molecule has 2 aliphatic rings. The average molecular weight is 341 g/mol. The van der Waals surface area contributed by atoms with Crippen molar-refractivity contribution in [2.24, 2.45) is 0 Å². The number of allylic oxidation sites excluding steroid dienone is 1. The molecule has 1 fully saturated rings. The highest BCUT2D eigenvalue weighted by atomic mass is 32.3. The van der Waals surface area contributed by atoms with Crippen molar-refractivity contribution in [3.8, 4) is 0 Å². The number of hydrogen-bond acceptors (Lipinski definition) is 6. The molecule has 2 aliphatic heterocycles. The second-order valence-corrected chi connectivity index (χ2v) is 9.15. The Labute approximate surface area is 133 Å². The van der Waals surface area contributed by atoms with E-state index >= 15 is 0 Å². The number of carboxylic acids is 1. The average Bonchev–Trinajstić information content (AvgIpc) is 2.95. The van der Waals surface area contributed by atoms with Crippen LogP contribution in [0, 0.1) is 0 Å². The molecule has 2 atom stereocenters. The fourth-order valence-corrected chi connectivity index (χ4v) is 7.25. The van der Waals surface area contributed by atoms with E-state index in [1.165, 1.54) is 4.90 Å². The smallest absolute Gasteiger partial charge is 0.352 e. The topological polar surface area (TPSA) is 101 Å². The Morgan fingerprint density at radius 2 is 2.41 bits per heavy atom. The first-order valence-corrected chi connectivity index (χ1v) is 9.23. The van der Waals surface area contributed by atoms with Crippen LogP contribution in [-0.4, -0.2) is 58.3 Å². The first kappa shape index (κ1) is 15.1. The number of nitrogens with zero attached hydrogens (tertiary/aromatic N) is 5. The highest BCUT2D eigenvalue weighted by molar-refractivity contribution is 8.38. The highest BCUT2D eigenvalue weighted by Gasteiger charge is 2.54. The van der Waals surface area contributed by atoms with Crippen molar-refractivity contribution in [3.05, 3.63) is 24.4 Å². The summed E-state index contributed by atoms with van der Waals surface area (Å²) in [6, 6.07) is 0. The van der Waals surface area contributed by atoms with Crippen molar-refractivity contribution < 1.29 is 14.7 Å². The maximum atomic E-state index is 11.9. The van der Waals surface area contributed by atoms with E-state index in [-0.39, 0.29) is 17.0 Å². The standard InChI is InChI=1S/C12H15N5O3S2/c1-2-4-16-12(13-14-15-16)22(7-21)5-3-8(11(19)20)17-9(18)6-10(17)22/h2-3,10,21H,1,4-7H2,(H,19,20). The van der Waals surface area contributed by atoms with Crippen LogP contribution in [0.4, 0.5) is 0 Å². The van der Waals surface area contributed by atoms with Gasteiger partial charge in [-0.05, 0) is 16.5 Å². The van der Waals surface area contributed by atoms with Gasteiger partial charge in [-0.1, -0.05) is 6.08 Å². The Morgan fingerprint density at radius 3 is 3.00 bits per heavy atom. The van der Waals surface area contributed by atoms with Crippen molar-refractivity contribution in [2.75, 3.05) is 10.8 Å². The first-order chi connectivity index (χ1) is 10.5. The lowest BCUT2D eigenvalue weighted by Gasteiger charge is -2.55. The molecule has 10 heteroatoms. The lowest BCUT2D eigenvalue weighted by Crippen LogP contribution is -2.58. The zero-order valence-corrected chi connectivity index (χ0v) is 13.3. The van der Waals surface area contributed by atoms with E-state index in [9.17, 15) is 14.7 Å². The molecule has 0 aromatic carbocycles. The molecular weight excluding hydrogens is 326 g/mol. The number of fused-ring (bicyclic) bond motifs is 1. The lowest BCUT2D eigenvalue weighted by molar-refractivity contribution is -0.146. The number of carboxylic acid groups (broad SMARTS) is 1. The monoisotopic (exact) mass is 341 g/mol. The molecule has 0 spiro atoms. The van der Waals surface area contributed by atoms with Crippen molar-refractivity contribution in [2.45, 2.75) is 23.5 Å². The van der Waals surface area contributed by atoms with Gasteiger partial charge >= 0.3 is 5.97 Å². The molecule has 2 unspecified atom stereocenters. The Balaban J connectivity index is 2.08. The Hall–Kier alpha value is -1.81. The van der Waals surface area contributed by atoms with Crippen LogP contribution in [-0.2, 0) is 16.1 Å². The molecule has 3 rings (SSSR count). The van der Waals surface area contributed by atoms with Crippen LogP contribution < -0.4 is 0 Å². The molecule has 0 radical (unpaired) electrons. The fourth-order valence-electron chi connectivity index (χ4n) is 2.78. The zero-order valence-electron chi connectivity index (χ0n) is 11.6. The van der Waals surface area contributed by atoms with Crippen LogP contribution in [0.1, 0.15) is 6.42 Å². The Morgan fingerprint density at radius 1 is 1.64 bits per heavy atom. The van der Waals surface area contributed by atoms with Crippen LogP contribution in [0.2, 0.25) is 0 Å². The number of aromatic nitrogens is 4. The molecule has 1 amide bonds. The summed E-state index contributed by atoms with van der Waals surface area (Å²) in [5.41, 5.74) is 0.0499. The second kappa shape index (κ2) is 5.43. The minimum absolute atomic E-state index is 0.0499. The number of aliphatic carboxylic acids is 1. The number of rotatable bonds is 5. The lowest BCUT2D eigenvalue weighted by atomic mass is 10.1. The Kier molecular flexibility index (Phi) is 3.73. The summed E-state index contributed by atoms with van der Waals surface area (Å²) in [5, 5.41) is 22.1. The molecule has 0 bridgehead atoms. The maximum Gasteiger partial charge on any atom is 0.352 e. The van der Waals surface area contributed by atoms with E-state index < -0.39 is 16.0 Å². The van der Waals surface area contributed by atoms with E-state index in [4.69, 9.17) is 0 Å². The summed E-state index contributed by atoms with van der Waals surface area (Å²) in [6.07, 6.45) is 3.59. The summed E-state index contributed by atoms with van der Waals surface area (Å²) < 4.78 is 1.65. The number of β-lactam (4-membered cyclic amide) rings is 1. The van der Waals surface area contributed by atoms with E-state index in [1.807, 2.05) is 0 Å². The van der Waals surface area contributed by atoms with Crippen molar-refractivity contribution in [1.82, 2.24) is 25.1 Å². The van der Waals surface area contributed by atoms with E-state index in [0.717, 1.165) is 0 Å². The summed E-state index contributed by atoms with van der Waals surface area (Å²) in [5.74, 6) is -0.764. The minimum atomic E-state index is -1.66. The molecular formula is C12H15N5O3S2. The zero-order chi connectivity index (χ0) is 15.9. The van der Waals surface area contributed by atoms with Crippen molar-refractivity contribution in [1.29, 1.82) is 0 Å². The molecule has 1 saturated heterocycles. The number of tetrazole rings is 1. The van der Waals surface area contributed by atoms with Gasteiger partial charge in [0.15, 0.2) is 5.16 Å². The third-order valence-electron chi connectivity index (χ3n) is 3.87. The predicted molar refractivity (Wildman–Crippen MR) is 83.6 cm³/mol. The van der Waals surface area contributed by atoms with Crippen LogP contribution >= 0.6 is 22.7 Å². The maximum absolute atomic E-state index is 11.9. The van der Waals surface area contributed by atoms with Gasteiger partial charge in [-0.3, -0.25) is 9.69 Å². The van der Waals surface area contributed by atoms with Gasteiger partial charge in [0.1, 0.15) is 5.70 Å². The quantitative estimate of drug-likeness (QED) is 0.458. The van der Waals surface area contributed by atoms with E-state index in [1.54, 1.807) is 16.8 Å². The largest absolute Gasteiger partial charge is 0.477 e. The summed E-state index contributed by atoms with van der Waals surface area (Å²) in [7, 11) is -1.66. The predicted octanol–water partition coefficient (Wildman–Crippen LogP) is 0.450. The van der Waals surface area contributed by atoms with E-state index in [2.05, 4.69) is 34.7 Å². The third-order valence-corrected chi connectivity index (χ3v) is 8.92. The number of hydrogen-bond donors (Lipinski definition) is 2. The second-order valence-electron chi connectivity index (χ2n) is 4.99. The first-order valence-electron chi connectivity index (χ1n) is 6.56. The van der Waals surface area contributed by atoms with Gasteiger partial charge in [0.25, 0.3) is 0 Å².